The second kappa shape index (κ2) is 7.47. The van der Waals surface area contributed by atoms with Crippen molar-refractivity contribution in [1.29, 1.82) is 0 Å². The highest BCUT2D eigenvalue weighted by molar-refractivity contribution is 6.30. The maximum Gasteiger partial charge on any atom is 0.343 e. The van der Waals surface area contributed by atoms with Crippen LogP contribution < -0.4 is 5.43 Å². The summed E-state index contributed by atoms with van der Waals surface area (Å²) in [5, 5.41) is 0.628. The zero-order valence-electron chi connectivity index (χ0n) is 12.6. The zero-order valence-corrected chi connectivity index (χ0v) is 14.1. The lowest BCUT2D eigenvalue weighted by Gasteiger charge is -2.15. The number of halogens is 2. The Hall–Kier alpha value is -1.78. The van der Waals surface area contributed by atoms with Crippen LogP contribution in [0.25, 0.3) is 11.3 Å². The second-order valence-corrected chi connectivity index (χ2v) is 5.08. The van der Waals surface area contributed by atoms with Crippen molar-refractivity contribution in [2.75, 3.05) is 6.61 Å². The van der Waals surface area contributed by atoms with Gasteiger partial charge in [-0.2, -0.15) is 0 Å². The Morgan fingerprint density at radius 1 is 1.27 bits per heavy atom. The van der Waals surface area contributed by atoms with E-state index in [0.29, 0.717) is 10.7 Å². The van der Waals surface area contributed by atoms with Crippen LogP contribution in [0.15, 0.2) is 35.1 Å². The fourth-order valence-electron chi connectivity index (χ4n) is 2.17. The SMILES string of the molecule is CCOC(=O)c1c(C)n(C)c(-c2ccc(Cl)cc2)cc1=O.Cl. The van der Waals surface area contributed by atoms with E-state index in [1.54, 1.807) is 37.6 Å². The Bertz CT molecular complexity index is 736. The summed E-state index contributed by atoms with van der Waals surface area (Å²) in [7, 11) is 1.81. The molecule has 4 nitrogen and oxygen atoms in total. The molecule has 1 heterocycles. The van der Waals surface area contributed by atoms with Crippen LogP contribution in [0.2, 0.25) is 5.02 Å². The second-order valence-electron chi connectivity index (χ2n) is 4.64. The molecule has 0 radical (unpaired) electrons. The number of carbonyl (C=O) groups is 1. The summed E-state index contributed by atoms with van der Waals surface area (Å²) in [6, 6.07) is 8.63. The largest absolute Gasteiger partial charge is 0.462 e. The average Bonchev–Trinajstić information content (AvgIpc) is 2.44. The van der Waals surface area contributed by atoms with Crippen molar-refractivity contribution in [3.05, 3.63) is 56.8 Å². The van der Waals surface area contributed by atoms with Gasteiger partial charge in [0, 0.05) is 23.8 Å². The molecule has 2 aromatic rings. The number of ether oxygens (including phenoxy) is 1. The Morgan fingerprint density at radius 3 is 2.41 bits per heavy atom. The smallest absolute Gasteiger partial charge is 0.343 e. The summed E-state index contributed by atoms with van der Waals surface area (Å²) in [5.41, 5.74) is 1.90. The number of rotatable bonds is 3. The number of hydrogen-bond acceptors (Lipinski definition) is 3. The lowest BCUT2D eigenvalue weighted by Crippen LogP contribution is -2.23. The number of pyridine rings is 1. The van der Waals surface area contributed by atoms with Gasteiger partial charge in [-0.1, -0.05) is 23.7 Å². The van der Waals surface area contributed by atoms with Crippen LogP contribution in [0.4, 0.5) is 0 Å². The van der Waals surface area contributed by atoms with E-state index in [9.17, 15) is 9.59 Å². The fourth-order valence-corrected chi connectivity index (χ4v) is 2.30. The third kappa shape index (κ3) is 3.51. The first kappa shape index (κ1) is 18.3. The maximum absolute atomic E-state index is 12.2. The summed E-state index contributed by atoms with van der Waals surface area (Å²) >= 11 is 5.87. The van der Waals surface area contributed by atoms with Crippen LogP contribution in [0, 0.1) is 6.92 Å². The summed E-state index contributed by atoms with van der Waals surface area (Å²) in [6.07, 6.45) is 0. The molecule has 0 unspecified atom stereocenters. The number of carbonyl (C=O) groups excluding carboxylic acids is 1. The van der Waals surface area contributed by atoms with E-state index in [4.69, 9.17) is 16.3 Å². The molecule has 0 aliphatic heterocycles. The van der Waals surface area contributed by atoms with Crippen molar-refractivity contribution in [2.45, 2.75) is 13.8 Å². The first-order valence-corrected chi connectivity index (χ1v) is 6.97. The predicted octanol–water partition coefficient (Wildman–Crippen LogP) is 3.61. The number of benzene rings is 1. The molecule has 1 aromatic carbocycles. The molecule has 0 N–H and O–H groups in total. The van der Waals surface area contributed by atoms with Gasteiger partial charge in [0.1, 0.15) is 5.56 Å². The van der Waals surface area contributed by atoms with Gasteiger partial charge in [-0.05, 0) is 31.5 Å². The number of hydrogen-bond donors (Lipinski definition) is 0. The molecule has 0 aliphatic rings. The number of aromatic nitrogens is 1. The molecule has 0 saturated carbocycles. The van der Waals surface area contributed by atoms with E-state index in [2.05, 4.69) is 0 Å². The van der Waals surface area contributed by atoms with Gasteiger partial charge in [-0.3, -0.25) is 4.79 Å². The van der Waals surface area contributed by atoms with E-state index in [-0.39, 0.29) is 30.0 Å². The van der Waals surface area contributed by atoms with E-state index in [0.717, 1.165) is 11.3 Å². The van der Waals surface area contributed by atoms with Crippen LogP contribution in [-0.2, 0) is 11.8 Å². The molecule has 6 heteroatoms. The summed E-state index contributed by atoms with van der Waals surface area (Å²) < 4.78 is 6.74. The highest BCUT2D eigenvalue weighted by atomic mass is 35.5. The van der Waals surface area contributed by atoms with Crippen molar-refractivity contribution < 1.29 is 9.53 Å². The van der Waals surface area contributed by atoms with E-state index in [1.165, 1.54) is 6.07 Å². The molecular weight excluding hydrogens is 325 g/mol. The lowest BCUT2D eigenvalue weighted by atomic mass is 10.1. The van der Waals surface area contributed by atoms with Crippen LogP contribution in [0.3, 0.4) is 0 Å². The molecule has 1 aromatic heterocycles. The van der Waals surface area contributed by atoms with Crippen LogP contribution in [0.5, 0.6) is 0 Å². The van der Waals surface area contributed by atoms with Gasteiger partial charge >= 0.3 is 5.97 Å². The zero-order chi connectivity index (χ0) is 15.6. The predicted molar refractivity (Wildman–Crippen MR) is 90.1 cm³/mol. The molecule has 2 rings (SSSR count). The minimum atomic E-state index is -0.585. The highest BCUT2D eigenvalue weighted by Gasteiger charge is 2.18. The molecule has 118 valence electrons. The molecule has 0 atom stereocenters. The van der Waals surface area contributed by atoms with Crippen LogP contribution in [0.1, 0.15) is 23.0 Å². The van der Waals surface area contributed by atoms with Crippen LogP contribution in [-0.4, -0.2) is 17.1 Å². The van der Waals surface area contributed by atoms with Crippen LogP contribution >= 0.6 is 24.0 Å². The highest BCUT2D eigenvalue weighted by Crippen LogP contribution is 2.22. The fraction of sp³-hybridized carbons (Fsp3) is 0.250. The van der Waals surface area contributed by atoms with Gasteiger partial charge < -0.3 is 9.30 Å². The molecule has 0 spiro atoms. The van der Waals surface area contributed by atoms with Gasteiger partial charge in [0.25, 0.3) is 0 Å². The molecule has 0 fully saturated rings. The van der Waals surface area contributed by atoms with E-state index < -0.39 is 5.97 Å². The molecule has 0 amide bonds. The monoisotopic (exact) mass is 341 g/mol. The van der Waals surface area contributed by atoms with Gasteiger partial charge in [0.2, 0.25) is 0 Å². The van der Waals surface area contributed by atoms with Crippen molar-refractivity contribution in [2.24, 2.45) is 7.05 Å². The standard InChI is InChI=1S/C16H16ClNO3.ClH/c1-4-21-16(20)15-10(2)18(3)13(9-14(15)19)11-5-7-12(17)8-6-11;/h5-9H,4H2,1-3H3;1H. The Morgan fingerprint density at radius 2 is 1.86 bits per heavy atom. The quantitative estimate of drug-likeness (QED) is 0.801. The van der Waals surface area contributed by atoms with Crippen molar-refractivity contribution in [3.8, 4) is 11.3 Å². The lowest BCUT2D eigenvalue weighted by molar-refractivity contribution is 0.0523. The first-order valence-electron chi connectivity index (χ1n) is 6.59. The Labute approximate surface area is 140 Å². The van der Waals surface area contributed by atoms with Gasteiger partial charge in [-0.15, -0.1) is 12.4 Å². The summed E-state index contributed by atoms with van der Waals surface area (Å²) in [6.45, 7) is 3.67. The van der Waals surface area contributed by atoms with E-state index >= 15 is 0 Å². The average molecular weight is 342 g/mol. The van der Waals surface area contributed by atoms with Crippen molar-refractivity contribution in [1.82, 2.24) is 4.57 Å². The molecular formula is C16H17Cl2NO3. The first-order chi connectivity index (χ1) is 9.95. The molecule has 0 aliphatic carbocycles. The Balaban J connectivity index is 0.00000242. The number of nitrogens with zero attached hydrogens (tertiary/aromatic N) is 1. The molecule has 22 heavy (non-hydrogen) atoms. The van der Waals surface area contributed by atoms with Gasteiger partial charge in [-0.25, -0.2) is 4.79 Å². The Kier molecular flexibility index (Phi) is 6.21. The third-order valence-corrected chi connectivity index (χ3v) is 3.61. The third-order valence-electron chi connectivity index (χ3n) is 3.36. The molecule has 0 bridgehead atoms. The normalized spacial score (nSPS) is 10.0. The van der Waals surface area contributed by atoms with Gasteiger partial charge in [0.05, 0.1) is 12.3 Å². The summed E-state index contributed by atoms with van der Waals surface area (Å²) in [5.74, 6) is -0.585. The van der Waals surface area contributed by atoms with E-state index in [1.807, 2.05) is 12.1 Å². The minimum absolute atomic E-state index is 0. The number of esters is 1. The van der Waals surface area contributed by atoms with Crippen molar-refractivity contribution in [3.63, 3.8) is 0 Å². The minimum Gasteiger partial charge on any atom is -0.462 e. The van der Waals surface area contributed by atoms with Gasteiger partial charge in [0.15, 0.2) is 5.43 Å². The summed E-state index contributed by atoms with van der Waals surface area (Å²) in [4.78, 5) is 24.1. The van der Waals surface area contributed by atoms with Crippen molar-refractivity contribution >= 4 is 30.0 Å². The topological polar surface area (TPSA) is 48.3 Å². The molecule has 0 saturated heterocycles. The maximum atomic E-state index is 12.2.